The van der Waals surface area contributed by atoms with Crippen molar-refractivity contribution in [3.63, 3.8) is 0 Å². The van der Waals surface area contributed by atoms with E-state index in [1.165, 1.54) is 4.90 Å². The molecule has 4 N–H and O–H groups in total. The number of rotatable bonds is 13. The van der Waals surface area contributed by atoms with E-state index in [1.54, 1.807) is 92.4 Å². The second-order valence-corrected chi connectivity index (χ2v) is 15.5. The average Bonchev–Trinajstić information content (AvgIpc) is 3.85. The van der Waals surface area contributed by atoms with Crippen LogP contribution in [-0.2, 0) is 30.3 Å². The van der Waals surface area contributed by atoms with Crippen molar-refractivity contribution in [3.05, 3.63) is 120 Å². The molecule has 1 aromatic heterocycles. The van der Waals surface area contributed by atoms with E-state index in [1.807, 2.05) is 43.3 Å². The van der Waals surface area contributed by atoms with Crippen LogP contribution in [-0.4, -0.2) is 75.8 Å². The van der Waals surface area contributed by atoms with Gasteiger partial charge in [0.1, 0.15) is 23.8 Å². The molecule has 6 rings (SSSR count). The number of alkyl carbamates (subject to hydrolysis) is 1. The van der Waals surface area contributed by atoms with Crippen LogP contribution in [0, 0.1) is 11.3 Å². The Morgan fingerprint density at radius 3 is 2.25 bits per heavy atom. The molecule has 59 heavy (non-hydrogen) atoms. The molecule has 1 saturated heterocycles. The third kappa shape index (κ3) is 10.5. The van der Waals surface area contributed by atoms with Gasteiger partial charge in [-0.1, -0.05) is 79.7 Å². The zero-order chi connectivity index (χ0) is 42.1. The lowest BCUT2D eigenvalue weighted by Crippen LogP contribution is -2.49. The van der Waals surface area contributed by atoms with Crippen molar-refractivity contribution in [2.45, 2.75) is 71.1 Å². The third-order valence-corrected chi connectivity index (χ3v) is 9.89. The maximum Gasteiger partial charge on any atom is 0.408 e. The van der Waals surface area contributed by atoms with Crippen molar-refractivity contribution < 1.29 is 28.7 Å². The quantitative estimate of drug-likeness (QED) is 0.0965. The number of carbonyl (C=O) groups excluding carboxylic acids is 5. The van der Waals surface area contributed by atoms with Gasteiger partial charge in [0, 0.05) is 35.4 Å². The molecule has 5 amide bonds. The van der Waals surface area contributed by atoms with Crippen LogP contribution < -0.4 is 16.0 Å². The number of hydrogen-bond acceptors (Lipinski definition) is 7. The molecule has 1 aliphatic heterocycles. The van der Waals surface area contributed by atoms with Gasteiger partial charge in [0.15, 0.2) is 0 Å². The van der Waals surface area contributed by atoms with Crippen molar-refractivity contribution in [1.82, 2.24) is 20.1 Å². The van der Waals surface area contributed by atoms with Crippen molar-refractivity contribution in [2.24, 2.45) is 0 Å². The van der Waals surface area contributed by atoms with E-state index in [-0.39, 0.29) is 30.7 Å². The Labute approximate surface area is 343 Å². The van der Waals surface area contributed by atoms with Gasteiger partial charge in [-0.15, -0.1) is 0 Å². The largest absolute Gasteiger partial charge is 0.444 e. The number of hydrogen-bond donors (Lipinski definition) is 4. The van der Waals surface area contributed by atoms with Gasteiger partial charge in [0.25, 0.3) is 5.91 Å². The van der Waals surface area contributed by atoms with Crippen LogP contribution in [0.3, 0.4) is 0 Å². The van der Waals surface area contributed by atoms with Gasteiger partial charge >= 0.3 is 6.09 Å². The molecule has 0 saturated carbocycles. The highest BCUT2D eigenvalue weighted by Gasteiger charge is 2.39. The van der Waals surface area contributed by atoms with Gasteiger partial charge in [-0.05, 0) is 87.1 Å². The fourth-order valence-electron chi connectivity index (χ4n) is 7.19. The molecule has 0 unspecified atom stereocenters. The minimum absolute atomic E-state index is 0.0741. The van der Waals surface area contributed by atoms with Gasteiger partial charge in [-0.25, -0.2) is 4.79 Å². The van der Waals surface area contributed by atoms with E-state index in [0.717, 1.165) is 5.56 Å². The zero-order valence-electron chi connectivity index (χ0n) is 33.7. The van der Waals surface area contributed by atoms with Crippen LogP contribution in [0.15, 0.2) is 103 Å². The first-order valence-corrected chi connectivity index (χ1v) is 19.8. The summed E-state index contributed by atoms with van der Waals surface area (Å²) in [5.74, 6) is -1.24. The number of amides is 5. The van der Waals surface area contributed by atoms with E-state index in [9.17, 15) is 29.2 Å². The Hall–Kier alpha value is -6.94. The lowest BCUT2D eigenvalue weighted by molar-refractivity contribution is -0.138. The summed E-state index contributed by atoms with van der Waals surface area (Å²) in [6, 6.07) is 31.0. The van der Waals surface area contributed by atoms with Crippen molar-refractivity contribution >= 4 is 52.0 Å². The number of ether oxygens (including phenoxy) is 1. The van der Waals surface area contributed by atoms with Crippen molar-refractivity contribution in [2.75, 3.05) is 30.3 Å². The molecule has 4 aromatic carbocycles. The number of aromatic amines is 1. The number of nitriles is 1. The summed E-state index contributed by atoms with van der Waals surface area (Å²) < 4.78 is 5.45. The first kappa shape index (κ1) is 41.7. The molecule has 13 nitrogen and oxygen atoms in total. The number of nitrogens with one attached hydrogen (secondary N) is 4. The Morgan fingerprint density at radius 2 is 1.59 bits per heavy atom. The number of carbonyl (C=O) groups is 5. The van der Waals surface area contributed by atoms with Crippen LogP contribution in [0.25, 0.3) is 22.2 Å². The number of anilines is 2. The summed E-state index contributed by atoms with van der Waals surface area (Å²) >= 11 is 0. The molecular weight excluding hydrogens is 747 g/mol. The smallest absolute Gasteiger partial charge is 0.408 e. The fraction of sp³-hybridized carbons (Fsp3) is 0.304. The van der Waals surface area contributed by atoms with Crippen LogP contribution in [0.5, 0.6) is 0 Å². The van der Waals surface area contributed by atoms with E-state index in [4.69, 9.17) is 4.74 Å². The number of nitrogens with zero attached hydrogens (tertiary/aromatic N) is 3. The van der Waals surface area contributed by atoms with Gasteiger partial charge in [-0.2, -0.15) is 5.26 Å². The van der Waals surface area contributed by atoms with E-state index in [2.05, 4.69) is 27.0 Å². The predicted octanol–water partition coefficient (Wildman–Crippen LogP) is 7.32. The Bertz CT molecular complexity index is 2350. The Morgan fingerprint density at radius 1 is 0.915 bits per heavy atom. The first-order valence-electron chi connectivity index (χ1n) is 19.8. The molecule has 2 atom stereocenters. The Kier molecular flexibility index (Phi) is 13.1. The molecule has 304 valence electrons. The van der Waals surface area contributed by atoms with Crippen LogP contribution >= 0.6 is 0 Å². The van der Waals surface area contributed by atoms with Crippen LogP contribution in [0.1, 0.15) is 69.7 Å². The zero-order valence-corrected chi connectivity index (χ0v) is 33.7. The number of likely N-dealkylation sites (tertiary alicyclic amines) is 1. The summed E-state index contributed by atoms with van der Waals surface area (Å²) in [6.07, 6.45) is 1.23. The molecule has 1 fully saturated rings. The summed E-state index contributed by atoms with van der Waals surface area (Å²) in [6.45, 7) is 7.90. The lowest BCUT2D eigenvalue weighted by atomic mass is 10.0. The summed E-state index contributed by atoms with van der Waals surface area (Å²) in [5, 5.41) is 19.4. The maximum atomic E-state index is 14.0. The van der Waals surface area contributed by atoms with Crippen LogP contribution in [0.4, 0.5) is 16.2 Å². The normalized spacial score (nSPS) is 14.2. The molecule has 0 spiro atoms. The molecule has 0 radical (unpaired) electrons. The fourth-order valence-corrected chi connectivity index (χ4v) is 7.19. The molecule has 1 aliphatic rings. The molecule has 2 heterocycles. The maximum absolute atomic E-state index is 14.0. The van der Waals surface area contributed by atoms with E-state index >= 15 is 0 Å². The van der Waals surface area contributed by atoms with Gasteiger partial charge < -0.3 is 35.5 Å². The number of H-pyrrole nitrogens is 1. The third-order valence-electron chi connectivity index (χ3n) is 9.89. The summed E-state index contributed by atoms with van der Waals surface area (Å²) in [4.78, 5) is 73.0. The second-order valence-electron chi connectivity index (χ2n) is 15.5. The molecule has 0 bridgehead atoms. The van der Waals surface area contributed by atoms with Crippen molar-refractivity contribution in [1.29, 1.82) is 5.26 Å². The minimum atomic E-state index is -1.06. The highest BCUT2D eigenvalue weighted by atomic mass is 16.6. The van der Waals surface area contributed by atoms with Gasteiger partial charge in [0.2, 0.25) is 17.7 Å². The highest BCUT2D eigenvalue weighted by Crippen LogP contribution is 2.33. The molecule has 0 aliphatic carbocycles. The van der Waals surface area contributed by atoms with E-state index < -0.39 is 29.7 Å². The number of aromatic nitrogens is 1. The monoisotopic (exact) mass is 795 g/mol. The van der Waals surface area contributed by atoms with Gasteiger partial charge in [0.05, 0.1) is 24.2 Å². The van der Waals surface area contributed by atoms with Gasteiger partial charge in [-0.3, -0.25) is 19.2 Å². The standard InChI is InChI=1S/C46H49N7O6/c1-5-24-52(40(55)26-30-13-8-6-9-14-30)29-39(54)48-33-20-18-32(19-21-33)41-36(28-47)35-27-34(22-23-37(35)50-41)49-43(56)38-17-12-25-53(38)44(57)42(31-15-10-7-11-16-31)51-45(58)59-46(2,3)4/h6-11,13-16,18-23,27,38,42,50H,5,12,17,24-26,29H2,1-4H3,(H,48,54)(H,49,56)(H,51,58)/t38-,42+/m0/s1. The summed E-state index contributed by atoms with van der Waals surface area (Å²) in [7, 11) is 0. The lowest BCUT2D eigenvalue weighted by Gasteiger charge is -2.29. The van der Waals surface area contributed by atoms with Crippen LogP contribution in [0.2, 0.25) is 0 Å². The first-order chi connectivity index (χ1) is 28.3. The predicted molar refractivity (Wildman–Crippen MR) is 226 cm³/mol. The average molecular weight is 796 g/mol. The highest BCUT2D eigenvalue weighted by molar-refractivity contribution is 6.02. The van der Waals surface area contributed by atoms with Crippen molar-refractivity contribution in [3.8, 4) is 17.3 Å². The second kappa shape index (κ2) is 18.5. The summed E-state index contributed by atoms with van der Waals surface area (Å²) in [5.41, 5.74) is 4.00. The minimum Gasteiger partial charge on any atom is -0.444 e. The molecule has 5 aromatic rings. The number of benzene rings is 4. The molecule has 13 heteroatoms. The topological polar surface area (TPSA) is 177 Å². The molecular formula is C46H49N7O6. The SMILES string of the molecule is CCCN(CC(=O)Nc1ccc(-c2[nH]c3ccc(NC(=O)[C@@H]4CCCN4C(=O)[C@H](NC(=O)OC(C)(C)C)c4ccccc4)cc3c2C#N)cc1)C(=O)Cc1ccccc1. The van der Waals surface area contributed by atoms with E-state index in [0.29, 0.717) is 77.0 Å². The Balaban J connectivity index is 1.13. The number of fused-ring (bicyclic) bond motifs is 1.